The third-order valence-corrected chi connectivity index (χ3v) is 4.38. The minimum Gasteiger partial charge on any atom is -0.497 e. The third-order valence-electron chi connectivity index (χ3n) is 4.38. The summed E-state index contributed by atoms with van der Waals surface area (Å²) in [5, 5.41) is 9.17. The van der Waals surface area contributed by atoms with Crippen LogP contribution in [0.1, 0.15) is 11.1 Å². The van der Waals surface area contributed by atoms with Crippen LogP contribution < -0.4 is 4.74 Å². The van der Waals surface area contributed by atoms with Crippen molar-refractivity contribution in [1.82, 2.24) is 9.55 Å². The number of methoxy groups -OCH3 is 1. The average molecular weight is 339 g/mol. The van der Waals surface area contributed by atoms with Gasteiger partial charge < -0.3 is 9.30 Å². The number of nitriles is 1. The molecule has 0 atom stereocenters. The molecule has 0 radical (unpaired) electrons. The van der Waals surface area contributed by atoms with Crippen molar-refractivity contribution < 1.29 is 4.74 Å². The molecule has 3 aromatic carbocycles. The van der Waals surface area contributed by atoms with Gasteiger partial charge >= 0.3 is 0 Å². The van der Waals surface area contributed by atoms with Crippen LogP contribution in [0.3, 0.4) is 0 Å². The van der Waals surface area contributed by atoms with Gasteiger partial charge in [-0.2, -0.15) is 5.26 Å². The molecule has 4 aromatic rings. The Morgan fingerprint density at radius 2 is 1.85 bits per heavy atom. The van der Waals surface area contributed by atoms with Gasteiger partial charge in [0.2, 0.25) is 0 Å². The molecule has 0 saturated carbocycles. The van der Waals surface area contributed by atoms with Crippen molar-refractivity contribution in [1.29, 1.82) is 5.26 Å². The minimum atomic E-state index is 0.641. The molecule has 0 aliphatic rings. The summed E-state index contributed by atoms with van der Waals surface area (Å²) in [6.07, 6.45) is 0. The van der Waals surface area contributed by atoms with Crippen molar-refractivity contribution in [3.8, 4) is 23.2 Å². The average Bonchev–Trinajstić information content (AvgIpc) is 3.07. The van der Waals surface area contributed by atoms with Crippen LogP contribution in [0.4, 0.5) is 0 Å². The molecule has 1 heterocycles. The van der Waals surface area contributed by atoms with E-state index in [1.807, 2.05) is 66.7 Å². The lowest BCUT2D eigenvalue weighted by Gasteiger charge is -2.11. The Labute approximate surface area is 151 Å². The van der Waals surface area contributed by atoms with E-state index >= 15 is 0 Å². The molecule has 26 heavy (non-hydrogen) atoms. The standard InChI is InChI=1S/C22H17N3O/c1-26-19-9-5-8-18(13-19)22-24-20-10-2-3-11-21(20)25(22)15-17-7-4-6-16(12-17)14-23/h2-13H,15H2,1H3. The van der Waals surface area contributed by atoms with Crippen molar-refractivity contribution in [2.75, 3.05) is 7.11 Å². The van der Waals surface area contributed by atoms with Gasteiger partial charge in [-0.1, -0.05) is 36.4 Å². The highest BCUT2D eigenvalue weighted by Crippen LogP contribution is 2.28. The molecule has 0 aliphatic carbocycles. The van der Waals surface area contributed by atoms with E-state index in [0.717, 1.165) is 33.7 Å². The quantitative estimate of drug-likeness (QED) is 0.544. The lowest BCUT2D eigenvalue weighted by molar-refractivity contribution is 0.415. The summed E-state index contributed by atoms with van der Waals surface area (Å²) < 4.78 is 7.55. The number of nitrogens with zero attached hydrogens (tertiary/aromatic N) is 3. The van der Waals surface area contributed by atoms with Crippen LogP contribution in [0.5, 0.6) is 5.75 Å². The number of hydrogen-bond acceptors (Lipinski definition) is 3. The highest BCUT2D eigenvalue weighted by Gasteiger charge is 2.13. The second kappa shape index (κ2) is 6.73. The van der Waals surface area contributed by atoms with Gasteiger partial charge in [-0.15, -0.1) is 0 Å². The van der Waals surface area contributed by atoms with Crippen LogP contribution in [0.2, 0.25) is 0 Å². The third kappa shape index (κ3) is 2.91. The molecule has 0 spiro atoms. The molecule has 4 rings (SSSR count). The summed E-state index contributed by atoms with van der Waals surface area (Å²) >= 11 is 0. The zero-order valence-corrected chi connectivity index (χ0v) is 14.4. The maximum atomic E-state index is 9.17. The lowest BCUT2D eigenvalue weighted by Crippen LogP contribution is -2.02. The molecule has 0 fully saturated rings. The monoisotopic (exact) mass is 339 g/mol. The maximum absolute atomic E-state index is 9.17. The fourth-order valence-electron chi connectivity index (χ4n) is 3.14. The second-order valence-corrected chi connectivity index (χ2v) is 6.05. The van der Waals surface area contributed by atoms with Crippen LogP contribution in [0.25, 0.3) is 22.4 Å². The number of benzene rings is 3. The van der Waals surface area contributed by atoms with Gasteiger partial charge in [-0.05, 0) is 42.0 Å². The van der Waals surface area contributed by atoms with E-state index in [4.69, 9.17) is 15.0 Å². The number of aromatic nitrogens is 2. The van der Waals surface area contributed by atoms with E-state index in [1.165, 1.54) is 0 Å². The Morgan fingerprint density at radius 1 is 1.00 bits per heavy atom. The van der Waals surface area contributed by atoms with Crippen molar-refractivity contribution >= 4 is 11.0 Å². The first-order chi connectivity index (χ1) is 12.8. The molecular formula is C22H17N3O. The van der Waals surface area contributed by atoms with Gasteiger partial charge in [-0.25, -0.2) is 4.98 Å². The summed E-state index contributed by atoms with van der Waals surface area (Å²) in [6.45, 7) is 0.641. The number of ether oxygens (including phenoxy) is 1. The zero-order chi connectivity index (χ0) is 17.9. The number of fused-ring (bicyclic) bond motifs is 1. The van der Waals surface area contributed by atoms with Crippen LogP contribution in [-0.2, 0) is 6.54 Å². The minimum absolute atomic E-state index is 0.641. The molecule has 0 bridgehead atoms. The van der Waals surface area contributed by atoms with Crippen molar-refractivity contribution in [3.05, 3.63) is 83.9 Å². The first-order valence-corrected chi connectivity index (χ1v) is 8.37. The molecule has 4 heteroatoms. The number of rotatable bonds is 4. The summed E-state index contributed by atoms with van der Waals surface area (Å²) in [5.74, 6) is 1.68. The van der Waals surface area contributed by atoms with E-state index in [-0.39, 0.29) is 0 Å². The Bertz CT molecular complexity index is 1120. The largest absolute Gasteiger partial charge is 0.497 e. The van der Waals surface area contributed by atoms with E-state index in [0.29, 0.717) is 12.1 Å². The molecule has 4 nitrogen and oxygen atoms in total. The number of hydrogen-bond donors (Lipinski definition) is 0. The summed E-state index contributed by atoms with van der Waals surface area (Å²) in [5.41, 5.74) is 4.73. The van der Waals surface area contributed by atoms with Gasteiger partial charge in [0.25, 0.3) is 0 Å². The molecular weight excluding hydrogens is 322 g/mol. The Kier molecular flexibility index (Phi) is 4.12. The van der Waals surface area contributed by atoms with Gasteiger partial charge in [0.15, 0.2) is 0 Å². The molecule has 126 valence electrons. The van der Waals surface area contributed by atoms with Gasteiger partial charge in [0, 0.05) is 12.1 Å². The van der Waals surface area contributed by atoms with E-state index < -0.39 is 0 Å². The molecule has 0 aliphatic heterocycles. The lowest BCUT2D eigenvalue weighted by atomic mass is 10.1. The van der Waals surface area contributed by atoms with Gasteiger partial charge in [-0.3, -0.25) is 0 Å². The summed E-state index contributed by atoms with van der Waals surface area (Å²) in [7, 11) is 1.66. The fraction of sp³-hybridized carbons (Fsp3) is 0.0909. The molecule has 0 saturated heterocycles. The first-order valence-electron chi connectivity index (χ1n) is 8.37. The zero-order valence-electron chi connectivity index (χ0n) is 14.4. The second-order valence-electron chi connectivity index (χ2n) is 6.05. The SMILES string of the molecule is COc1cccc(-c2nc3ccccc3n2Cc2cccc(C#N)c2)c1. The van der Waals surface area contributed by atoms with Gasteiger partial charge in [0.1, 0.15) is 11.6 Å². The number of para-hydroxylation sites is 2. The summed E-state index contributed by atoms with van der Waals surface area (Å²) in [6, 6.07) is 25.9. The molecule has 0 amide bonds. The van der Waals surface area contributed by atoms with E-state index in [1.54, 1.807) is 7.11 Å². The highest BCUT2D eigenvalue weighted by atomic mass is 16.5. The van der Waals surface area contributed by atoms with Crippen molar-refractivity contribution in [2.24, 2.45) is 0 Å². The van der Waals surface area contributed by atoms with E-state index in [2.05, 4.69) is 16.7 Å². The van der Waals surface area contributed by atoms with Crippen LogP contribution >= 0.6 is 0 Å². The molecule has 0 N–H and O–H groups in total. The van der Waals surface area contributed by atoms with Crippen LogP contribution in [0, 0.1) is 11.3 Å². The Morgan fingerprint density at radius 3 is 2.69 bits per heavy atom. The fourth-order valence-corrected chi connectivity index (χ4v) is 3.14. The predicted molar refractivity (Wildman–Crippen MR) is 102 cm³/mol. The Balaban J connectivity index is 1.87. The molecule has 1 aromatic heterocycles. The number of imidazole rings is 1. The van der Waals surface area contributed by atoms with Crippen molar-refractivity contribution in [2.45, 2.75) is 6.54 Å². The van der Waals surface area contributed by atoms with Crippen molar-refractivity contribution in [3.63, 3.8) is 0 Å². The topological polar surface area (TPSA) is 50.8 Å². The van der Waals surface area contributed by atoms with Crippen LogP contribution in [0.15, 0.2) is 72.8 Å². The summed E-state index contributed by atoms with van der Waals surface area (Å²) in [4.78, 5) is 4.84. The maximum Gasteiger partial charge on any atom is 0.141 e. The van der Waals surface area contributed by atoms with Crippen LogP contribution in [-0.4, -0.2) is 16.7 Å². The predicted octanol–water partition coefficient (Wildman–Crippen LogP) is 4.63. The van der Waals surface area contributed by atoms with Gasteiger partial charge in [0.05, 0.1) is 29.8 Å². The highest BCUT2D eigenvalue weighted by molar-refractivity contribution is 5.81. The Hall–Kier alpha value is -3.58. The normalized spacial score (nSPS) is 10.6. The van der Waals surface area contributed by atoms with E-state index in [9.17, 15) is 0 Å². The first kappa shape index (κ1) is 15.9. The smallest absolute Gasteiger partial charge is 0.141 e. The molecule has 0 unspecified atom stereocenters.